The van der Waals surface area contributed by atoms with E-state index in [0.29, 0.717) is 0 Å². The molecular formula is C8H8N2O3. The number of nitrogens with zero attached hydrogens (tertiary/aromatic N) is 2. The molecule has 0 radical (unpaired) electrons. The second kappa shape index (κ2) is 2.70. The van der Waals surface area contributed by atoms with Crippen LogP contribution >= 0.6 is 0 Å². The van der Waals surface area contributed by atoms with Gasteiger partial charge in [0.15, 0.2) is 0 Å². The molecule has 0 bridgehead atoms. The average molecular weight is 180 g/mol. The van der Waals surface area contributed by atoms with Gasteiger partial charge in [-0.2, -0.15) is 5.06 Å². The molecular weight excluding hydrogens is 172 g/mol. The SMILES string of the molecule is O=C1CC(n2cccc2)C(=O)N1O. The Labute approximate surface area is 74.1 Å². The number of carbonyl (C=O) groups excluding carboxylic acids is 2. The van der Waals surface area contributed by atoms with Crippen LogP contribution in [0.4, 0.5) is 0 Å². The first-order valence-corrected chi connectivity index (χ1v) is 3.88. The quantitative estimate of drug-likeness (QED) is 0.495. The molecule has 1 saturated heterocycles. The van der Waals surface area contributed by atoms with E-state index in [2.05, 4.69) is 0 Å². The first kappa shape index (κ1) is 8.00. The summed E-state index contributed by atoms with van der Waals surface area (Å²) in [7, 11) is 0. The van der Waals surface area contributed by atoms with Crippen molar-refractivity contribution in [2.75, 3.05) is 0 Å². The van der Waals surface area contributed by atoms with Crippen LogP contribution < -0.4 is 0 Å². The molecule has 2 heterocycles. The van der Waals surface area contributed by atoms with E-state index in [1.54, 1.807) is 29.1 Å². The largest absolute Gasteiger partial charge is 0.341 e. The molecule has 1 fully saturated rings. The summed E-state index contributed by atoms with van der Waals surface area (Å²) < 4.78 is 1.61. The molecule has 1 aliphatic heterocycles. The minimum atomic E-state index is -0.576. The lowest BCUT2D eigenvalue weighted by atomic mass is 10.2. The zero-order chi connectivity index (χ0) is 9.42. The number of aromatic nitrogens is 1. The van der Waals surface area contributed by atoms with E-state index in [-0.39, 0.29) is 11.5 Å². The topological polar surface area (TPSA) is 62.5 Å². The maximum Gasteiger partial charge on any atom is 0.276 e. The molecule has 13 heavy (non-hydrogen) atoms. The van der Waals surface area contributed by atoms with E-state index >= 15 is 0 Å². The fourth-order valence-electron chi connectivity index (χ4n) is 1.39. The molecule has 5 nitrogen and oxygen atoms in total. The Balaban J connectivity index is 2.29. The fourth-order valence-corrected chi connectivity index (χ4v) is 1.39. The minimum Gasteiger partial charge on any atom is -0.341 e. The smallest absolute Gasteiger partial charge is 0.276 e. The molecule has 5 heteroatoms. The van der Waals surface area contributed by atoms with Gasteiger partial charge >= 0.3 is 0 Å². The monoisotopic (exact) mass is 180 g/mol. The molecule has 1 aliphatic rings. The predicted molar refractivity (Wildman–Crippen MR) is 41.7 cm³/mol. The molecule has 0 saturated carbocycles. The lowest BCUT2D eigenvalue weighted by Gasteiger charge is -2.08. The van der Waals surface area contributed by atoms with Gasteiger partial charge < -0.3 is 4.57 Å². The van der Waals surface area contributed by atoms with Gasteiger partial charge in [-0.15, -0.1) is 0 Å². The van der Waals surface area contributed by atoms with Crippen molar-refractivity contribution in [1.82, 2.24) is 9.63 Å². The van der Waals surface area contributed by atoms with Crippen molar-refractivity contribution in [3.05, 3.63) is 24.5 Å². The van der Waals surface area contributed by atoms with Crippen molar-refractivity contribution in [1.29, 1.82) is 0 Å². The normalized spacial score (nSPS) is 22.8. The van der Waals surface area contributed by atoms with Crippen molar-refractivity contribution in [3.63, 3.8) is 0 Å². The number of amides is 2. The standard InChI is InChI=1S/C8H8N2O3/c11-7-5-6(8(12)10(7)13)9-3-1-2-4-9/h1-4,6,13H,5H2. The van der Waals surface area contributed by atoms with Crippen molar-refractivity contribution < 1.29 is 14.8 Å². The van der Waals surface area contributed by atoms with Crippen LogP contribution in [-0.2, 0) is 9.59 Å². The van der Waals surface area contributed by atoms with Gasteiger partial charge in [0.25, 0.3) is 11.8 Å². The van der Waals surface area contributed by atoms with Gasteiger partial charge in [-0.3, -0.25) is 14.8 Å². The van der Waals surface area contributed by atoms with Gasteiger partial charge in [-0.1, -0.05) is 0 Å². The zero-order valence-corrected chi connectivity index (χ0v) is 6.75. The molecule has 0 aliphatic carbocycles. The van der Waals surface area contributed by atoms with Crippen LogP contribution in [0.25, 0.3) is 0 Å². The Kier molecular flexibility index (Phi) is 1.66. The summed E-state index contributed by atoms with van der Waals surface area (Å²) in [6.45, 7) is 0. The molecule has 0 spiro atoms. The third-order valence-corrected chi connectivity index (χ3v) is 2.09. The molecule has 1 aromatic rings. The van der Waals surface area contributed by atoms with E-state index in [1.165, 1.54) is 0 Å². The van der Waals surface area contributed by atoms with Crippen LogP contribution in [0.15, 0.2) is 24.5 Å². The van der Waals surface area contributed by atoms with Crippen molar-refractivity contribution in [3.8, 4) is 0 Å². The number of hydrogen-bond donors (Lipinski definition) is 1. The third kappa shape index (κ3) is 1.13. The number of hydrogen-bond acceptors (Lipinski definition) is 3. The second-order valence-electron chi connectivity index (χ2n) is 2.89. The Bertz CT molecular complexity index is 344. The Morgan fingerprint density at radius 2 is 1.92 bits per heavy atom. The molecule has 0 aromatic carbocycles. The van der Waals surface area contributed by atoms with Crippen molar-refractivity contribution >= 4 is 11.8 Å². The average Bonchev–Trinajstić information content (AvgIpc) is 2.70. The maximum absolute atomic E-state index is 11.2. The molecule has 2 rings (SSSR count). The zero-order valence-electron chi connectivity index (χ0n) is 6.75. The highest BCUT2D eigenvalue weighted by Gasteiger charge is 2.38. The summed E-state index contributed by atoms with van der Waals surface area (Å²) in [6.07, 6.45) is 3.41. The third-order valence-electron chi connectivity index (χ3n) is 2.09. The van der Waals surface area contributed by atoms with E-state index in [0.717, 1.165) is 0 Å². The highest BCUT2D eigenvalue weighted by atomic mass is 16.5. The first-order valence-electron chi connectivity index (χ1n) is 3.88. The maximum atomic E-state index is 11.2. The minimum absolute atomic E-state index is 0.0318. The van der Waals surface area contributed by atoms with Crippen molar-refractivity contribution in [2.24, 2.45) is 0 Å². The summed E-state index contributed by atoms with van der Waals surface area (Å²) in [5.41, 5.74) is 0. The lowest BCUT2D eigenvalue weighted by Crippen LogP contribution is -2.27. The summed E-state index contributed by atoms with van der Waals surface area (Å²) in [5, 5.41) is 9.14. The summed E-state index contributed by atoms with van der Waals surface area (Å²) in [5.74, 6) is -1.12. The number of hydroxylamine groups is 2. The van der Waals surface area contributed by atoms with E-state index in [9.17, 15) is 9.59 Å². The van der Waals surface area contributed by atoms with Gasteiger partial charge in [0.05, 0.1) is 6.42 Å². The van der Waals surface area contributed by atoms with E-state index in [4.69, 9.17) is 5.21 Å². The first-order chi connectivity index (χ1) is 6.20. The Morgan fingerprint density at radius 1 is 1.31 bits per heavy atom. The van der Waals surface area contributed by atoms with Gasteiger partial charge in [-0.05, 0) is 12.1 Å². The molecule has 1 atom stereocenters. The fraction of sp³-hybridized carbons (Fsp3) is 0.250. The van der Waals surface area contributed by atoms with E-state index in [1.807, 2.05) is 0 Å². The van der Waals surface area contributed by atoms with Crippen LogP contribution in [0.5, 0.6) is 0 Å². The number of rotatable bonds is 1. The summed E-state index contributed by atoms with van der Waals surface area (Å²) >= 11 is 0. The van der Waals surface area contributed by atoms with Crippen LogP contribution in [0.2, 0.25) is 0 Å². The highest BCUT2D eigenvalue weighted by Crippen LogP contribution is 2.22. The predicted octanol–water partition coefficient (Wildman–Crippen LogP) is 0.177. The van der Waals surface area contributed by atoms with Gasteiger partial charge in [0, 0.05) is 12.4 Å². The van der Waals surface area contributed by atoms with E-state index < -0.39 is 17.9 Å². The van der Waals surface area contributed by atoms with Crippen molar-refractivity contribution in [2.45, 2.75) is 12.5 Å². The molecule has 68 valence electrons. The summed E-state index contributed by atoms with van der Waals surface area (Å²) in [4.78, 5) is 22.2. The lowest BCUT2D eigenvalue weighted by molar-refractivity contribution is -0.172. The number of carbonyl (C=O) groups is 2. The van der Waals surface area contributed by atoms with Gasteiger partial charge in [0.2, 0.25) is 0 Å². The van der Waals surface area contributed by atoms with Crippen LogP contribution in [0, 0.1) is 0 Å². The Morgan fingerprint density at radius 3 is 2.38 bits per heavy atom. The highest BCUT2D eigenvalue weighted by molar-refractivity contribution is 6.03. The molecule has 1 aromatic heterocycles. The Hall–Kier alpha value is -1.62. The van der Waals surface area contributed by atoms with Gasteiger partial charge in [-0.25, -0.2) is 0 Å². The molecule has 1 unspecified atom stereocenters. The van der Waals surface area contributed by atoms with Gasteiger partial charge in [0.1, 0.15) is 6.04 Å². The number of imide groups is 1. The van der Waals surface area contributed by atoms with Crippen LogP contribution in [0.1, 0.15) is 12.5 Å². The molecule has 1 N–H and O–H groups in total. The van der Waals surface area contributed by atoms with Crippen LogP contribution in [0.3, 0.4) is 0 Å². The summed E-state index contributed by atoms with van der Waals surface area (Å²) in [6, 6.07) is 2.95. The van der Waals surface area contributed by atoms with Crippen LogP contribution in [-0.4, -0.2) is 26.7 Å². The second-order valence-corrected chi connectivity index (χ2v) is 2.89. The molecule has 2 amide bonds.